The maximum Gasteiger partial charge on any atom is 0.255 e. The van der Waals surface area contributed by atoms with Crippen LogP contribution in [0.5, 0.6) is 0 Å². The van der Waals surface area contributed by atoms with E-state index in [0.717, 1.165) is 14.2 Å². The molecule has 0 unspecified atom stereocenters. The van der Waals surface area contributed by atoms with Crippen molar-refractivity contribution in [3.8, 4) is 0 Å². The molecule has 0 spiro atoms. The molecule has 2 aromatic rings. The van der Waals surface area contributed by atoms with E-state index in [4.69, 9.17) is 0 Å². The van der Waals surface area contributed by atoms with Crippen LogP contribution in [0.3, 0.4) is 0 Å². The molecule has 0 bridgehead atoms. The molecule has 0 atom stereocenters. The first kappa shape index (κ1) is 14.4. The quantitative estimate of drug-likeness (QED) is 0.745. The average Bonchev–Trinajstić information content (AvgIpc) is 2.48. The zero-order valence-corrected chi connectivity index (χ0v) is 13.8. The average molecular weight is 410 g/mol. The summed E-state index contributed by atoms with van der Waals surface area (Å²) in [7, 11) is 0. The molecule has 0 radical (unpaired) electrons. The van der Waals surface area contributed by atoms with Gasteiger partial charge < -0.3 is 10.6 Å². The van der Waals surface area contributed by atoms with E-state index in [-0.39, 0.29) is 11.8 Å². The lowest BCUT2D eigenvalue weighted by Crippen LogP contribution is -2.19. The van der Waals surface area contributed by atoms with Crippen LogP contribution in [-0.4, -0.2) is 17.6 Å². The van der Waals surface area contributed by atoms with Gasteiger partial charge >= 0.3 is 0 Å². The number of rotatable bonds is 2. The lowest BCUT2D eigenvalue weighted by atomic mass is 10.1. The van der Waals surface area contributed by atoms with Gasteiger partial charge in [0.15, 0.2) is 0 Å². The Morgan fingerprint density at radius 3 is 2.71 bits per heavy atom. The van der Waals surface area contributed by atoms with Crippen molar-refractivity contribution < 1.29 is 9.59 Å². The van der Waals surface area contributed by atoms with Gasteiger partial charge in [-0.15, -0.1) is 11.8 Å². The van der Waals surface area contributed by atoms with Crippen LogP contribution in [-0.2, 0) is 4.79 Å². The second kappa shape index (κ2) is 6.07. The van der Waals surface area contributed by atoms with Gasteiger partial charge in [0.25, 0.3) is 5.91 Å². The predicted octanol–water partition coefficient (Wildman–Crippen LogP) is 3.59. The Labute approximate surface area is 139 Å². The van der Waals surface area contributed by atoms with Crippen LogP contribution in [0.1, 0.15) is 10.4 Å². The summed E-state index contributed by atoms with van der Waals surface area (Å²) in [6.07, 6.45) is 0. The summed E-state index contributed by atoms with van der Waals surface area (Å²) in [6.45, 7) is 0. The van der Waals surface area contributed by atoms with Crippen molar-refractivity contribution in [3.05, 3.63) is 51.6 Å². The van der Waals surface area contributed by atoms with Gasteiger partial charge in [0.1, 0.15) is 0 Å². The summed E-state index contributed by atoms with van der Waals surface area (Å²) in [6, 6.07) is 12.9. The summed E-state index contributed by atoms with van der Waals surface area (Å²) in [5.41, 5.74) is 1.97. The number of hydrogen-bond acceptors (Lipinski definition) is 3. The molecule has 2 amide bonds. The number of halogens is 1. The van der Waals surface area contributed by atoms with Crippen LogP contribution in [0.2, 0.25) is 0 Å². The van der Waals surface area contributed by atoms with E-state index in [2.05, 4.69) is 33.2 Å². The normalized spacial score (nSPS) is 13.3. The van der Waals surface area contributed by atoms with E-state index in [9.17, 15) is 9.59 Å². The maximum atomic E-state index is 12.2. The smallest absolute Gasteiger partial charge is 0.255 e. The van der Waals surface area contributed by atoms with Gasteiger partial charge in [0, 0.05) is 19.7 Å². The number of amides is 2. The van der Waals surface area contributed by atoms with Gasteiger partial charge in [-0.2, -0.15) is 0 Å². The summed E-state index contributed by atoms with van der Waals surface area (Å²) in [4.78, 5) is 24.6. The molecule has 0 saturated heterocycles. The highest BCUT2D eigenvalue weighted by Gasteiger charge is 2.17. The number of fused-ring (bicyclic) bond motifs is 1. The first-order chi connectivity index (χ1) is 10.1. The molecule has 4 nitrogen and oxygen atoms in total. The van der Waals surface area contributed by atoms with Crippen LogP contribution in [0, 0.1) is 3.57 Å². The summed E-state index contributed by atoms with van der Waals surface area (Å²) < 4.78 is 1.11. The predicted molar refractivity (Wildman–Crippen MR) is 92.9 cm³/mol. The molecule has 2 N–H and O–H groups in total. The van der Waals surface area contributed by atoms with E-state index in [0.29, 0.717) is 17.0 Å². The molecular weight excluding hydrogens is 399 g/mol. The molecule has 6 heteroatoms. The lowest BCUT2D eigenvalue weighted by Gasteiger charge is -2.17. The van der Waals surface area contributed by atoms with Crippen molar-refractivity contribution in [1.82, 2.24) is 0 Å². The summed E-state index contributed by atoms with van der Waals surface area (Å²) in [5.74, 6) is 0.188. The van der Waals surface area contributed by atoms with E-state index in [1.807, 2.05) is 30.3 Å². The zero-order valence-electron chi connectivity index (χ0n) is 10.9. The van der Waals surface area contributed by atoms with Crippen LogP contribution < -0.4 is 10.6 Å². The minimum atomic E-state index is -0.191. The topological polar surface area (TPSA) is 58.2 Å². The van der Waals surface area contributed by atoms with Crippen molar-refractivity contribution in [1.29, 1.82) is 0 Å². The molecule has 0 fully saturated rings. The first-order valence-corrected chi connectivity index (χ1v) is 8.32. The van der Waals surface area contributed by atoms with Crippen molar-refractivity contribution in [2.75, 3.05) is 16.4 Å². The third-order valence-electron chi connectivity index (χ3n) is 2.98. The number of benzene rings is 2. The third kappa shape index (κ3) is 3.38. The Kier molecular flexibility index (Phi) is 4.16. The Balaban J connectivity index is 1.80. The molecule has 1 aliphatic rings. The van der Waals surface area contributed by atoms with E-state index in [1.165, 1.54) is 11.8 Å². The van der Waals surface area contributed by atoms with Gasteiger partial charge in [0.05, 0.1) is 11.4 Å². The Bertz CT molecular complexity index is 716. The molecule has 106 valence electrons. The lowest BCUT2D eigenvalue weighted by molar-refractivity contribution is -0.113. The minimum Gasteiger partial charge on any atom is -0.324 e. The number of thioether (sulfide) groups is 1. The number of nitrogens with one attached hydrogen (secondary N) is 2. The molecule has 0 aliphatic carbocycles. The molecule has 3 rings (SSSR count). The van der Waals surface area contributed by atoms with Gasteiger partial charge in [-0.1, -0.05) is 0 Å². The minimum absolute atomic E-state index is 0.0392. The fourth-order valence-electron chi connectivity index (χ4n) is 1.96. The van der Waals surface area contributed by atoms with Crippen molar-refractivity contribution in [3.63, 3.8) is 0 Å². The highest BCUT2D eigenvalue weighted by Crippen LogP contribution is 2.32. The highest BCUT2D eigenvalue weighted by molar-refractivity contribution is 14.1. The Morgan fingerprint density at radius 1 is 1.19 bits per heavy atom. The highest BCUT2D eigenvalue weighted by atomic mass is 127. The van der Waals surface area contributed by atoms with Gasteiger partial charge in [-0.25, -0.2) is 0 Å². The molecule has 1 aliphatic heterocycles. The van der Waals surface area contributed by atoms with Crippen LogP contribution in [0.25, 0.3) is 0 Å². The Hall–Kier alpha value is -1.54. The standard InChI is InChI=1S/C15H11IN2O2S/c16-10-2-4-11(5-3-10)17-15(20)9-1-6-13-12(7-9)18-14(19)8-21-13/h1-7H,8H2,(H,17,20)(H,18,19). The second-order valence-corrected chi connectivity index (χ2v) is 6.77. The molecule has 0 aromatic heterocycles. The summed E-state index contributed by atoms with van der Waals surface area (Å²) in [5, 5.41) is 5.63. The molecular formula is C15H11IN2O2S. The van der Waals surface area contributed by atoms with Gasteiger partial charge in [0.2, 0.25) is 5.91 Å². The van der Waals surface area contributed by atoms with Crippen molar-refractivity contribution in [2.45, 2.75) is 4.90 Å². The molecule has 1 heterocycles. The van der Waals surface area contributed by atoms with E-state index >= 15 is 0 Å². The fourth-order valence-corrected chi connectivity index (χ4v) is 3.11. The van der Waals surface area contributed by atoms with Crippen LogP contribution >= 0.6 is 34.4 Å². The number of hydrogen-bond donors (Lipinski definition) is 2. The molecule has 0 saturated carbocycles. The summed E-state index contributed by atoms with van der Waals surface area (Å²) >= 11 is 3.69. The van der Waals surface area contributed by atoms with Gasteiger partial charge in [-0.05, 0) is 65.1 Å². The van der Waals surface area contributed by atoms with E-state index in [1.54, 1.807) is 12.1 Å². The third-order valence-corrected chi connectivity index (χ3v) is 4.77. The zero-order chi connectivity index (χ0) is 14.8. The monoisotopic (exact) mass is 410 g/mol. The number of carbonyl (C=O) groups excluding carboxylic acids is 2. The van der Waals surface area contributed by atoms with Crippen molar-refractivity contribution >= 4 is 57.5 Å². The van der Waals surface area contributed by atoms with Crippen LogP contribution in [0.4, 0.5) is 11.4 Å². The van der Waals surface area contributed by atoms with Crippen LogP contribution in [0.15, 0.2) is 47.4 Å². The SMILES string of the molecule is O=C1CSc2ccc(C(=O)Nc3ccc(I)cc3)cc2N1. The number of anilines is 2. The number of carbonyl (C=O) groups is 2. The second-order valence-electron chi connectivity index (χ2n) is 4.51. The maximum absolute atomic E-state index is 12.2. The van der Waals surface area contributed by atoms with E-state index < -0.39 is 0 Å². The first-order valence-electron chi connectivity index (χ1n) is 6.25. The molecule has 2 aromatic carbocycles. The fraction of sp³-hybridized carbons (Fsp3) is 0.0667. The van der Waals surface area contributed by atoms with Crippen molar-refractivity contribution in [2.24, 2.45) is 0 Å². The largest absolute Gasteiger partial charge is 0.324 e. The van der Waals surface area contributed by atoms with Gasteiger partial charge in [-0.3, -0.25) is 9.59 Å². The Morgan fingerprint density at radius 2 is 1.95 bits per heavy atom. The molecule has 21 heavy (non-hydrogen) atoms.